The van der Waals surface area contributed by atoms with Gasteiger partial charge in [0.1, 0.15) is 5.65 Å². The Morgan fingerprint density at radius 1 is 1.15 bits per heavy atom. The number of benzene rings is 1. The summed E-state index contributed by atoms with van der Waals surface area (Å²) >= 11 is 0. The van der Waals surface area contributed by atoms with Crippen molar-refractivity contribution in [2.24, 2.45) is 5.92 Å². The van der Waals surface area contributed by atoms with Crippen molar-refractivity contribution < 1.29 is 4.74 Å². The number of ether oxygens (including phenoxy) is 1. The van der Waals surface area contributed by atoms with E-state index in [0.29, 0.717) is 30.4 Å². The van der Waals surface area contributed by atoms with Crippen molar-refractivity contribution in [2.45, 2.75) is 39.3 Å². The topological polar surface area (TPSA) is 115 Å². The average molecular weight is 556 g/mol. The van der Waals surface area contributed by atoms with Crippen LogP contribution in [0, 0.1) is 5.92 Å². The van der Waals surface area contributed by atoms with Gasteiger partial charge in [-0.1, -0.05) is 25.6 Å². The Kier molecular flexibility index (Phi) is 7.80. The number of nitrogens with zero attached hydrogens (tertiary/aromatic N) is 7. The fourth-order valence-corrected chi connectivity index (χ4v) is 5.49. The van der Waals surface area contributed by atoms with Crippen molar-refractivity contribution in [1.82, 2.24) is 34.8 Å². The Balaban J connectivity index is 1.35. The van der Waals surface area contributed by atoms with Crippen molar-refractivity contribution in [3.05, 3.63) is 70.9 Å². The Morgan fingerprint density at radius 3 is 2.63 bits per heavy atom. The second kappa shape index (κ2) is 11.8. The van der Waals surface area contributed by atoms with E-state index < -0.39 is 0 Å². The molecule has 2 aliphatic rings. The van der Waals surface area contributed by atoms with Gasteiger partial charge in [0.05, 0.1) is 24.5 Å². The summed E-state index contributed by atoms with van der Waals surface area (Å²) in [6.45, 7) is 13.9. The van der Waals surface area contributed by atoms with Crippen LogP contribution in [-0.4, -0.2) is 68.9 Å². The third kappa shape index (κ3) is 5.73. The molecule has 2 N–H and O–H groups in total. The first-order valence-electron chi connectivity index (χ1n) is 14.4. The van der Waals surface area contributed by atoms with E-state index in [1.165, 1.54) is 5.69 Å². The quantitative estimate of drug-likeness (QED) is 0.336. The highest BCUT2D eigenvalue weighted by molar-refractivity contribution is 5.81. The van der Waals surface area contributed by atoms with Gasteiger partial charge in [0, 0.05) is 67.9 Å². The van der Waals surface area contributed by atoms with E-state index >= 15 is 0 Å². The van der Waals surface area contributed by atoms with E-state index in [1.54, 1.807) is 17.0 Å². The molecular formula is C30H37N9O2. The summed E-state index contributed by atoms with van der Waals surface area (Å²) in [7, 11) is 0. The summed E-state index contributed by atoms with van der Waals surface area (Å²) in [6, 6.07) is 10.3. The normalized spacial score (nSPS) is 16.4. The van der Waals surface area contributed by atoms with Crippen LogP contribution in [-0.2, 0) is 11.3 Å². The summed E-state index contributed by atoms with van der Waals surface area (Å²) in [4.78, 5) is 25.7. The zero-order chi connectivity index (χ0) is 28.3. The largest absolute Gasteiger partial charge is 0.381 e. The fraction of sp³-hybridized carbons (Fsp3) is 0.433. The van der Waals surface area contributed by atoms with Gasteiger partial charge >= 0.3 is 0 Å². The molecule has 2 aliphatic heterocycles. The van der Waals surface area contributed by atoms with Crippen molar-refractivity contribution in [2.75, 3.05) is 49.6 Å². The third-order valence-corrected chi connectivity index (χ3v) is 7.98. The van der Waals surface area contributed by atoms with E-state index in [2.05, 4.69) is 49.5 Å². The third-order valence-electron chi connectivity index (χ3n) is 7.98. The van der Waals surface area contributed by atoms with E-state index in [-0.39, 0.29) is 24.1 Å². The first-order chi connectivity index (χ1) is 20.0. The van der Waals surface area contributed by atoms with Crippen molar-refractivity contribution in [3.8, 4) is 0 Å². The molecule has 0 amide bonds. The van der Waals surface area contributed by atoms with Crippen LogP contribution in [0.25, 0.3) is 16.6 Å². The lowest BCUT2D eigenvalue weighted by molar-refractivity contribution is 0.0648. The van der Waals surface area contributed by atoms with Crippen molar-refractivity contribution >= 4 is 33.9 Å². The second-order valence-corrected chi connectivity index (χ2v) is 11.0. The lowest BCUT2D eigenvalue weighted by Gasteiger charge is -2.29. The number of rotatable bonds is 8. The molecule has 3 aromatic heterocycles. The highest BCUT2D eigenvalue weighted by Crippen LogP contribution is 2.26. The van der Waals surface area contributed by atoms with E-state index in [9.17, 15) is 4.79 Å². The molecule has 5 heterocycles. The molecule has 0 atom stereocenters. The van der Waals surface area contributed by atoms with Crippen LogP contribution in [0.4, 0.5) is 17.3 Å². The van der Waals surface area contributed by atoms with Crippen LogP contribution in [0.1, 0.15) is 44.0 Å². The van der Waals surface area contributed by atoms with Crippen LogP contribution >= 0.6 is 0 Å². The van der Waals surface area contributed by atoms with E-state index in [4.69, 9.17) is 9.72 Å². The minimum Gasteiger partial charge on any atom is -0.381 e. The van der Waals surface area contributed by atoms with Crippen LogP contribution in [0.5, 0.6) is 0 Å². The number of nitrogens with one attached hydrogen (secondary N) is 2. The molecule has 214 valence electrons. The highest BCUT2D eigenvalue weighted by Gasteiger charge is 2.22. The molecule has 0 bridgehead atoms. The van der Waals surface area contributed by atoms with Gasteiger partial charge in [-0.15, -0.1) is 5.10 Å². The predicted molar refractivity (Wildman–Crippen MR) is 161 cm³/mol. The number of hydrogen-bond donors (Lipinski definition) is 2. The van der Waals surface area contributed by atoms with Crippen molar-refractivity contribution in [3.63, 3.8) is 0 Å². The molecule has 0 unspecified atom stereocenters. The Morgan fingerprint density at radius 2 is 1.90 bits per heavy atom. The van der Waals surface area contributed by atoms with Crippen LogP contribution < -0.4 is 21.1 Å². The molecule has 0 spiro atoms. The zero-order valence-corrected chi connectivity index (χ0v) is 23.7. The predicted octanol–water partition coefficient (Wildman–Crippen LogP) is 3.61. The maximum absolute atomic E-state index is 13.9. The molecule has 4 aromatic rings. The number of anilines is 3. The molecule has 0 aliphatic carbocycles. The smallest absolute Gasteiger partial charge is 0.260 e. The van der Waals surface area contributed by atoms with Gasteiger partial charge in [-0.05, 0) is 54.7 Å². The van der Waals surface area contributed by atoms with Gasteiger partial charge in [-0.25, -0.2) is 9.67 Å². The molecule has 11 heteroatoms. The standard InChI is InChI=1S/C30H37N9O2/c1-20(2)21(3)27-16-22-17-32-30(34-23-4-6-24(7-5-23)37-12-10-31-11-13-37)35-28(22)38(29(27)40)19-26-18-33-36-39(26)25-8-14-41-15-9-25/h4-7,16-18,20,25,31H,3,8-15,19H2,1-2H3,(H,32,34,35). The minimum absolute atomic E-state index is 0.120. The summed E-state index contributed by atoms with van der Waals surface area (Å²) < 4.78 is 9.18. The second-order valence-electron chi connectivity index (χ2n) is 11.0. The maximum Gasteiger partial charge on any atom is 0.260 e. The molecule has 6 rings (SSSR count). The van der Waals surface area contributed by atoms with Gasteiger partial charge < -0.3 is 20.3 Å². The number of pyridine rings is 1. The molecule has 1 aromatic carbocycles. The molecule has 2 fully saturated rings. The molecule has 41 heavy (non-hydrogen) atoms. The monoisotopic (exact) mass is 555 g/mol. The Bertz CT molecular complexity index is 1580. The first-order valence-corrected chi connectivity index (χ1v) is 14.4. The summed E-state index contributed by atoms with van der Waals surface area (Å²) in [6.07, 6.45) is 5.22. The summed E-state index contributed by atoms with van der Waals surface area (Å²) in [5, 5.41) is 16.0. The Labute approximate surface area is 239 Å². The fourth-order valence-electron chi connectivity index (χ4n) is 5.49. The minimum atomic E-state index is -0.138. The molecule has 2 saturated heterocycles. The van der Waals surface area contributed by atoms with Gasteiger partial charge in [0.25, 0.3) is 5.56 Å². The lowest BCUT2D eigenvalue weighted by atomic mass is 9.97. The maximum atomic E-state index is 13.9. The Hall–Kier alpha value is -4.09. The summed E-state index contributed by atoms with van der Waals surface area (Å²) in [5.41, 5.74) is 4.69. The first kappa shape index (κ1) is 27.1. The lowest BCUT2D eigenvalue weighted by Crippen LogP contribution is -2.43. The average Bonchev–Trinajstić information content (AvgIpc) is 3.48. The SMILES string of the molecule is C=C(c1cc2cnc(Nc3ccc(N4CCNCC4)cc3)nc2n(Cc2cnnn2C2CCOCC2)c1=O)C(C)C. The van der Waals surface area contributed by atoms with Gasteiger partial charge in [-0.3, -0.25) is 9.36 Å². The number of hydrogen-bond acceptors (Lipinski definition) is 9. The highest BCUT2D eigenvalue weighted by atomic mass is 16.5. The van der Waals surface area contributed by atoms with Crippen molar-refractivity contribution in [1.29, 1.82) is 0 Å². The van der Waals surface area contributed by atoms with Gasteiger partial charge in [0.15, 0.2) is 0 Å². The van der Waals surface area contributed by atoms with E-state index in [1.807, 2.05) is 36.7 Å². The summed E-state index contributed by atoms with van der Waals surface area (Å²) in [5.74, 6) is 0.543. The van der Waals surface area contributed by atoms with Gasteiger partial charge in [-0.2, -0.15) is 4.98 Å². The van der Waals surface area contributed by atoms with Crippen LogP contribution in [0.2, 0.25) is 0 Å². The number of allylic oxidation sites excluding steroid dienone is 1. The zero-order valence-electron chi connectivity index (χ0n) is 23.7. The molecule has 0 saturated carbocycles. The van der Waals surface area contributed by atoms with Gasteiger partial charge in [0.2, 0.25) is 5.95 Å². The van der Waals surface area contributed by atoms with Crippen LogP contribution in [0.3, 0.4) is 0 Å². The molecule has 11 nitrogen and oxygen atoms in total. The number of fused-ring (bicyclic) bond motifs is 1. The number of piperazine rings is 1. The molecular weight excluding hydrogens is 518 g/mol. The number of aromatic nitrogens is 6. The van der Waals surface area contributed by atoms with E-state index in [0.717, 1.165) is 61.4 Å². The van der Waals surface area contributed by atoms with Crippen LogP contribution in [0.15, 0.2) is 54.1 Å². The molecule has 0 radical (unpaired) electrons.